The molecule has 1 saturated heterocycles. The molecule has 0 aliphatic carbocycles. The molecule has 166 valence electrons. The number of amides is 1. The van der Waals surface area contributed by atoms with E-state index in [4.69, 9.17) is 17.0 Å². The topological polar surface area (TPSA) is 66.8 Å². The summed E-state index contributed by atoms with van der Waals surface area (Å²) in [5.74, 6) is -0.826. The van der Waals surface area contributed by atoms with Gasteiger partial charge in [-0.3, -0.25) is 9.69 Å². The normalized spacial score (nSPS) is 15.7. The Morgan fingerprint density at radius 1 is 1.06 bits per heavy atom. The van der Waals surface area contributed by atoms with Gasteiger partial charge < -0.3 is 9.84 Å². The fourth-order valence-electron chi connectivity index (χ4n) is 3.48. The summed E-state index contributed by atoms with van der Waals surface area (Å²) in [6, 6.07) is 22.9. The van der Waals surface area contributed by atoms with Crippen molar-refractivity contribution in [2.75, 3.05) is 0 Å². The molecule has 1 unspecified atom stereocenters. The van der Waals surface area contributed by atoms with E-state index in [1.165, 1.54) is 10.5 Å². The van der Waals surface area contributed by atoms with Crippen LogP contribution in [0.2, 0.25) is 0 Å². The van der Waals surface area contributed by atoms with Crippen molar-refractivity contribution in [3.63, 3.8) is 0 Å². The zero-order valence-corrected chi connectivity index (χ0v) is 19.4. The summed E-state index contributed by atoms with van der Waals surface area (Å²) in [7, 11) is 0. The highest BCUT2D eigenvalue weighted by Crippen LogP contribution is 2.38. The van der Waals surface area contributed by atoms with Crippen LogP contribution < -0.4 is 4.74 Å². The zero-order valence-electron chi connectivity index (χ0n) is 17.8. The first kappa shape index (κ1) is 22.8. The van der Waals surface area contributed by atoms with E-state index in [0.717, 1.165) is 28.6 Å². The molecule has 1 fully saturated rings. The molecule has 0 saturated carbocycles. The van der Waals surface area contributed by atoms with Crippen LogP contribution in [-0.4, -0.2) is 26.2 Å². The summed E-state index contributed by atoms with van der Waals surface area (Å²) in [5, 5.41) is 9.78. The molecule has 0 bridgehead atoms. The monoisotopic (exact) mass is 475 g/mol. The van der Waals surface area contributed by atoms with Crippen LogP contribution in [0.5, 0.6) is 5.75 Å². The maximum atomic E-state index is 13.1. The first-order valence-corrected chi connectivity index (χ1v) is 11.5. The highest BCUT2D eigenvalue weighted by molar-refractivity contribution is 8.26. The number of rotatable bonds is 7. The number of benzene rings is 3. The molecule has 1 atom stereocenters. The smallest absolute Gasteiger partial charge is 0.331 e. The van der Waals surface area contributed by atoms with Crippen molar-refractivity contribution in [1.29, 1.82) is 0 Å². The van der Waals surface area contributed by atoms with Crippen molar-refractivity contribution >= 4 is 46.3 Å². The van der Waals surface area contributed by atoms with E-state index in [1.54, 1.807) is 36.4 Å². The zero-order chi connectivity index (χ0) is 23.4. The lowest BCUT2D eigenvalue weighted by molar-refractivity contribution is -0.145. The number of thioether (sulfide) groups is 1. The standard InChI is InChI=1S/C26H21NO4S2/c1-17-7-5-6-10-20(17)16-31-21-13-11-18(12-14-21)15-22-24(28)27(26(32)33-22)23(25(29)30)19-8-3-2-4-9-19/h2-15,23H,16H2,1H3,(H,29,30)/b22-15-. The van der Waals surface area contributed by atoms with Crippen LogP contribution in [0.15, 0.2) is 83.8 Å². The number of hydrogen-bond acceptors (Lipinski definition) is 5. The van der Waals surface area contributed by atoms with Gasteiger partial charge in [0, 0.05) is 0 Å². The molecule has 3 aromatic carbocycles. The minimum Gasteiger partial charge on any atom is -0.489 e. The van der Waals surface area contributed by atoms with Gasteiger partial charge in [-0.1, -0.05) is 90.7 Å². The molecule has 7 heteroatoms. The molecule has 0 aromatic heterocycles. The number of aliphatic carboxylic acids is 1. The highest BCUT2D eigenvalue weighted by Gasteiger charge is 2.41. The summed E-state index contributed by atoms with van der Waals surface area (Å²) >= 11 is 6.47. The molecular weight excluding hydrogens is 454 g/mol. The minimum absolute atomic E-state index is 0.223. The van der Waals surface area contributed by atoms with Crippen LogP contribution in [0.4, 0.5) is 0 Å². The lowest BCUT2D eigenvalue weighted by atomic mass is 10.1. The first-order valence-electron chi connectivity index (χ1n) is 10.3. The van der Waals surface area contributed by atoms with Crippen molar-refractivity contribution in [2.45, 2.75) is 19.6 Å². The Hall–Kier alpha value is -3.42. The van der Waals surface area contributed by atoms with Crippen molar-refractivity contribution < 1.29 is 19.4 Å². The second-order valence-electron chi connectivity index (χ2n) is 7.49. The van der Waals surface area contributed by atoms with Crippen molar-refractivity contribution in [3.05, 3.63) is 106 Å². The summed E-state index contributed by atoms with van der Waals surface area (Å²) in [4.78, 5) is 26.6. The number of carboxylic acids is 1. The molecule has 1 amide bonds. The Balaban J connectivity index is 1.49. The average Bonchev–Trinajstić information content (AvgIpc) is 3.08. The Labute approximate surface area is 201 Å². The molecule has 0 radical (unpaired) electrons. The van der Waals surface area contributed by atoms with Gasteiger partial charge in [-0.15, -0.1) is 0 Å². The molecule has 1 heterocycles. The quantitative estimate of drug-likeness (QED) is 0.354. The number of nitrogens with zero attached hydrogens (tertiary/aromatic N) is 1. The van der Waals surface area contributed by atoms with Crippen molar-refractivity contribution in [1.82, 2.24) is 4.90 Å². The second-order valence-corrected chi connectivity index (χ2v) is 9.16. The van der Waals surface area contributed by atoms with Gasteiger partial charge in [-0.25, -0.2) is 4.79 Å². The third-order valence-electron chi connectivity index (χ3n) is 5.26. The summed E-state index contributed by atoms with van der Waals surface area (Å²) in [6.45, 7) is 2.52. The number of hydrogen-bond donors (Lipinski definition) is 1. The van der Waals surface area contributed by atoms with Crippen LogP contribution in [0.1, 0.15) is 28.3 Å². The molecule has 1 aliphatic heterocycles. The molecule has 3 aromatic rings. The van der Waals surface area contributed by atoms with Gasteiger partial charge in [0.25, 0.3) is 5.91 Å². The SMILES string of the molecule is Cc1ccccc1COc1ccc(/C=C2\SC(=S)N(C(C(=O)O)c3ccccc3)C2=O)cc1. The Morgan fingerprint density at radius 2 is 1.73 bits per heavy atom. The van der Waals surface area contributed by atoms with Gasteiger partial charge in [-0.2, -0.15) is 0 Å². The van der Waals surface area contributed by atoms with Crippen LogP contribution in [0, 0.1) is 6.92 Å². The van der Waals surface area contributed by atoms with Crippen LogP contribution in [0.3, 0.4) is 0 Å². The Morgan fingerprint density at radius 3 is 2.39 bits per heavy atom. The summed E-state index contributed by atoms with van der Waals surface area (Å²) in [6.07, 6.45) is 1.72. The number of aryl methyl sites for hydroxylation is 1. The minimum atomic E-state index is -1.16. The third-order valence-corrected chi connectivity index (χ3v) is 6.59. The number of carboxylic acid groups (broad SMARTS) is 1. The van der Waals surface area contributed by atoms with E-state index in [0.29, 0.717) is 17.1 Å². The highest BCUT2D eigenvalue weighted by atomic mass is 32.2. The van der Waals surface area contributed by atoms with Crippen LogP contribution >= 0.6 is 24.0 Å². The van der Waals surface area contributed by atoms with Crippen molar-refractivity contribution in [3.8, 4) is 5.75 Å². The molecule has 0 spiro atoms. The summed E-state index contributed by atoms with van der Waals surface area (Å²) < 4.78 is 6.10. The van der Waals surface area contributed by atoms with Gasteiger partial charge in [-0.05, 0) is 47.4 Å². The Bertz CT molecular complexity index is 1220. The van der Waals surface area contributed by atoms with Gasteiger partial charge >= 0.3 is 5.97 Å². The molecular formula is C26H21NO4S2. The van der Waals surface area contributed by atoms with E-state index in [1.807, 2.05) is 55.5 Å². The maximum Gasteiger partial charge on any atom is 0.331 e. The van der Waals surface area contributed by atoms with Gasteiger partial charge in [0.1, 0.15) is 16.7 Å². The number of carbonyl (C=O) groups excluding carboxylic acids is 1. The third kappa shape index (κ3) is 5.16. The fraction of sp³-hybridized carbons (Fsp3) is 0.115. The molecule has 33 heavy (non-hydrogen) atoms. The predicted molar refractivity (Wildman–Crippen MR) is 134 cm³/mol. The maximum absolute atomic E-state index is 13.1. The average molecular weight is 476 g/mol. The van der Waals surface area contributed by atoms with Crippen LogP contribution in [-0.2, 0) is 16.2 Å². The van der Waals surface area contributed by atoms with E-state index in [9.17, 15) is 14.7 Å². The van der Waals surface area contributed by atoms with Gasteiger partial charge in [0.15, 0.2) is 6.04 Å². The van der Waals surface area contributed by atoms with Crippen LogP contribution in [0.25, 0.3) is 6.08 Å². The molecule has 1 N–H and O–H groups in total. The lowest BCUT2D eigenvalue weighted by Crippen LogP contribution is -2.37. The molecule has 5 nitrogen and oxygen atoms in total. The number of thiocarbonyl (C=S) groups is 1. The van der Waals surface area contributed by atoms with Gasteiger partial charge in [0.2, 0.25) is 0 Å². The Kier molecular flexibility index (Phi) is 6.91. The fourth-order valence-corrected chi connectivity index (χ4v) is 4.80. The predicted octanol–water partition coefficient (Wildman–Crippen LogP) is 5.60. The first-order chi connectivity index (χ1) is 15.9. The summed E-state index contributed by atoms with van der Waals surface area (Å²) in [5.41, 5.74) is 3.59. The number of carbonyl (C=O) groups is 2. The number of ether oxygens (including phenoxy) is 1. The lowest BCUT2D eigenvalue weighted by Gasteiger charge is -2.23. The van der Waals surface area contributed by atoms with E-state index >= 15 is 0 Å². The molecule has 1 aliphatic rings. The van der Waals surface area contributed by atoms with E-state index < -0.39 is 17.9 Å². The van der Waals surface area contributed by atoms with E-state index in [-0.39, 0.29) is 4.32 Å². The largest absolute Gasteiger partial charge is 0.489 e. The second kappa shape index (κ2) is 10.0. The molecule has 4 rings (SSSR count). The van der Waals surface area contributed by atoms with Gasteiger partial charge in [0.05, 0.1) is 4.91 Å². The van der Waals surface area contributed by atoms with E-state index in [2.05, 4.69) is 0 Å². The van der Waals surface area contributed by atoms with Crippen molar-refractivity contribution in [2.24, 2.45) is 0 Å².